The van der Waals surface area contributed by atoms with Gasteiger partial charge in [-0.1, -0.05) is 23.2 Å². The number of amides is 1. The van der Waals surface area contributed by atoms with E-state index in [0.717, 1.165) is 19.6 Å². The van der Waals surface area contributed by atoms with Crippen LogP contribution in [0.1, 0.15) is 10.4 Å². The summed E-state index contributed by atoms with van der Waals surface area (Å²) in [6.45, 7) is 4.65. The number of carbonyl (C=O) groups is 1. The number of nitrogens with zero attached hydrogens (tertiary/aromatic N) is 2. The quantitative estimate of drug-likeness (QED) is 0.925. The zero-order chi connectivity index (χ0) is 13.8. The van der Waals surface area contributed by atoms with Gasteiger partial charge >= 0.3 is 0 Å². The molecule has 2 N–H and O–H groups in total. The van der Waals surface area contributed by atoms with Crippen molar-refractivity contribution in [2.45, 2.75) is 0 Å². The number of nitrogens with two attached hydrogens (primary N) is 1. The van der Waals surface area contributed by atoms with Crippen LogP contribution in [-0.2, 0) is 0 Å². The van der Waals surface area contributed by atoms with E-state index in [1.54, 1.807) is 18.2 Å². The van der Waals surface area contributed by atoms with Crippen molar-refractivity contribution in [3.8, 4) is 0 Å². The van der Waals surface area contributed by atoms with Crippen molar-refractivity contribution in [3.63, 3.8) is 0 Å². The van der Waals surface area contributed by atoms with Gasteiger partial charge in [-0.2, -0.15) is 0 Å². The number of hydrogen-bond donors (Lipinski definition) is 1. The fourth-order valence-electron chi connectivity index (χ4n) is 2.19. The lowest BCUT2D eigenvalue weighted by Crippen LogP contribution is -2.49. The number of benzene rings is 1. The minimum absolute atomic E-state index is 0.0333. The van der Waals surface area contributed by atoms with Crippen LogP contribution in [0.4, 0.5) is 0 Å². The number of carbonyl (C=O) groups excluding carboxylic acids is 1. The molecule has 1 aliphatic heterocycles. The van der Waals surface area contributed by atoms with E-state index in [-0.39, 0.29) is 5.91 Å². The van der Waals surface area contributed by atoms with Crippen molar-refractivity contribution in [3.05, 3.63) is 33.8 Å². The van der Waals surface area contributed by atoms with Gasteiger partial charge < -0.3 is 10.6 Å². The molecule has 0 atom stereocenters. The van der Waals surface area contributed by atoms with Crippen LogP contribution in [0.5, 0.6) is 0 Å². The van der Waals surface area contributed by atoms with E-state index >= 15 is 0 Å². The molecule has 0 unspecified atom stereocenters. The molecule has 1 aromatic rings. The van der Waals surface area contributed by atoms with Crippen molar-refractivity contribution in [1.29, 1.82) is 0 Å². The molecule has 1 aliphatic rings. The van der Waals surface area contributed by atoms with Crippen LogP contribution >= 0.6 is 23.2 Å². The molecule has 0 spiro atoms. The standard InChI is InChI=1S/C13H17Cl2N3O/c14-10-1-2-11(12(15)9-10)13(19)18-7-5-17(4-3-16)6-8-18/h1-2,9H,3-8,16H2. The Hall–Kier alpha value is -0.810. The highest BCUT2D eigenvalue weighted by Gasteiger charge is 2.23. The minimum Gasteiger partial charge on any atom is -0.336 e. The molecule has 1 heterocycles. The summed E-state index contributed by atoms with van der Waals surface area (Å²) < 4.78 is 0. The van der Waals surface area contributed by atoms with Crippen LogP contribution in [0.25, 0.3) is 0 Å². The SMILES string of the molecule is NCCN1CCN(C(=O)c2ccc(Cl)cc2Cl)CC1. The molecule has 0 saturated carbocycles. The Balaban J connectivity index is 2.01. The molecule has 0 aliphatic carbocycles. The lowest BCUT2D eigenvalue weighted by molar-refractivity contribution is 0.0641. The Morgan fingerprint density at radius 1 is 1.21 bits per heavy atom. The topological polar surface area (TPSA) is 49.6 Å². The van der Waals surface area contributed by atoms with Crippen molar-refractivity contribution in [1.82, 2.24) is 9.80 Å². The third-order valence-corrected chi connectivity index (χ3v) is 3.81. The smallest absolute Gasteiger partial charge is 0.255 e. The largest absolute Gasteiger partial charge is 0.336 e. The van der Waals surface area contributed by atoms with E-state index in [1.807, 2.05) is 4.90 Å². The summed E-state index contributed by atoms with van der Waals surface area (Å²) in [4.78, 5) is 16.4. The maximum Gasteiger partial charge on any atom is 0.255 e. The zero-order valence-corrected chi connectivity index (χ0v) is 12.1. The van der Waals surface area contributed by atoms with Crippen molar-refractivity contribution < 1.29 is 4.79 Å². The highest BCUT2D eigenvalue weighted by Crippen LogP contribution is 2.22. The van der Waals surface area contributed by atoms with Crippen LogP contribution in [0.15, 0.2) is 18.2 Å². The van der Waals surface area contributed by atoms with Crippen LogP contribution in [0.2, 0.25) is 10.0 Å². The summed E-state index contributed by atoms with van der Waals surface area (Å²) in [6.07, 6.45) is 0. The molecular weight excluding hydrogens is 285 g/mol. The average Bonchev–Trinajstić information content (AvgIpc) is 2.39. The molecular formula is C13H17Cl2N3O. The van der Waals surface area contributed by atoms with Gasteiger partial charge in [-0.3, -0.25) is 9.69 Å². The first kappa shape index (κ1) is 14.6. The highest BCUT2D eigenvalue weighted by molar-refractivity contribution is 6.36. The molecule has 0 aromatic heterocycles. The monoisotopic (exact) mass is 301 g/mol. The first-order valence-electron chi connectivity index (χ1n) is 6.28. The van der Waals surface area contributed by atoms with Gasteiger partial charge in [0.15, 0.2) is 0 Å². The van der Waals surface area contributed by atoms with Crippen molar-refractivity contribution in [2.24, 2.45) is 5.73 Å². The molecule has 2 rings (SSSR count). The number of piperazine rings is 1. The minimum atomic E-state index is -0.0333. The van der Waals surface area contributed by atoms with Gasteiger partial charge in [0.2, 0.25) is 0 Å². The van der Waals surface area contributed by atoms with E-state index in [0.29, 0.717) is 35.2 Å². The molecule has 0 radical (unpaired) electrons. The fourth-order valence-corrected chi connectivity index (χ4v) is 2.68. The van der Waals surface area contributed by atoms with Gasteiger partial charge in [-0.25, -0.2) is 0 Å². The second-order valence-corrected chi connectivity index (χ2v) is 5.39. The average molecular weight is 302 g/mol. The van der Waals surface area contributed by atoms with Crippen LogP contribution in [0, 0.1) is 0 Å². The van der Waals surface area contributed by atoms with E-state index in [1.165, 1.54) is 0 Å². The summed E-state index contributed by atoms with van der Waals surface area (Å²) in [7, 11) is 0. The molecule has 0 bridgehead atoms. The second-order valence-electron chi connectivity index (χ2n) is 4.55. The van der Waals surface area contributed by atoms with Crippen LogP contribution < -0.4 is 5.73 Å². The van der Waals surface area contributed by atoms with Gasteiger partial charge in [0.05, 0.1) is 10.6 Å². The van der Waals surface area contributed by atoms with Crippen molar-refractivity contribution >= 4 is 29.1 Å². The highest BCUT2D eigenvalue weighted by atomic mass is 35.5. The summed E-state index contributed by atoms with van der Waals surface area (Å²) >= 11 is 11.9. The van der Waals surface area contributed by atoms with Gasteiger partial charge in [-0.05, 0) is 18.2 Å². The lowest BCUT2D eigenvalue weighted by Gasteiger charge is -2.34. The van der Waals surface area contributed by atoms with Gasteiger partial charge in [0.25, 0.3) is 5.91 Å². The van der Waals surface area contributed by atoms with E-state index < -0.39 is 0 Å². The maximum atomic E-state index is 12.4. The van der Waals surface area contributed by atoms with E-state index in [4.69, 9.17) is 28.9 Å². The van der Waals surface area contributed by atoms with Gasteiger partial charge in [-0.15, -0.1) is 0 Å². The molecule has 1 amide bonds. The molecule has 4 nitrogen and oxygen atoms in total. The molecule has 1 fully saturated rings. The Labute approximate surface area is 123 Å². The lowest BCUT2D eigenvalue weighted by atomic mass is 10.2. The van der Waals surface area contributed by atoms with E-state index in [2.05, 4.69) is 4.90 Å². The Morgan fingerprint density at radius 2 is 1.89 bits per heavy atom. The maximum absolute atomic E-state index is 12.4. The Bertz CT molecular complexity index is 459. The van der Waals surface area contributed by atoms with Crippen LogP contribution in [0.3, 0.4) is 0 Å². The molecule has 6 heteroatoms. The summed E-state index contributed by atoms with van der Waals surface area (Å²) in [5.41, 5.74) is 6.04. The zero-order valence-electron chi connectivity index (χ0n) is 10.6. The molecule has 104 valence electrons. The second kappa shape index (κ2) is 6.57. The number of halogens is 2. The fraction of sp³-hybridized carbons (Fsp3) is 0.462. The summed E-state index contributed by atoms with van der Waals surface area (Å²) in [6, 6.07) is 4.96. The summed E-state index contributed by atoms with van der Waals surface area (Å²) in [5.74, 6) is -0.0333. The first-order valence-corrected chi connectivity index (χ1v) is 7.04. The predicted octanol–water partition coefficient (Wildman–Crippen LogP) is 1.71. The number of rotatable bonds is 3. The normalized spacial score (nSPS) is 16.7. The third kappa shape index (κ3) is 3.60. The predicted molar refractivity (Wildman–Crippen MR) is 77.9 cm³/mol. The Morgan fingerprint density at radius 3 is 2.47 bits per heavy atom. The molecule has 19 heavy (non-hydrogen) atoms. The van der Waals surface area contributed by atoms with Crippen molar-refractivity contribution in [2.75, 3.05) is 39.3 Å². The third-order valence-electron chi connectivity index (χ3n) is 3.27. The van der Waals surface area contributed by atoms with Gasteiger partial charge in [0, 0.05) is 44.3 Å². The molecule has 1 saturated heterocycles. The van der Waals surface area contributed by atoms with E-state index in [9.17, 15) is 4.79 Å². The molecule has 1 aromatic carbocycles. The van der Waals surface area contributed by atoms with Crippen LogP contribution in [-0.4, -0.2) is 55.0 Å². The number of hydrogen-bond acceptors (Lipinski definition) is 3. The van der Waals surface area contributed by atoms with Gasteiger partial charge in [0.1, 0.15) is 0 Å². The summed E-state index contributed by atoms with van der Waals surface area (Å²) in [5, 5.41) is 0.941. The first-order chi connectivity index (χ1) is 9.11. The Kier molecular flexibility index (Phi) is 5.05.